The number of hydrogen-bond acceptors (Lipinski definition) is 1. The molecule has 0 aromatic heterocycles. The van der Waals surface area contributed by atoms with Crippen LogP contribution < -0.4 is 4.46 Å². The van der Waals surface area contributed by atoms with Gasteiger partial charge in [-0.25, -0.2) is 0 Å². The van der Waals surface area contributed by atoms with Crippen molar-refractivity contribution in [3.63, 3.8) is 0 Å². The molecule has 1 aliphatic heterocycles. The van der Waals surface area contributed by atoms with Gasteiger partial charge in [-0.15, -0.1) is 0 Å². The van der Waals surface area contributed by atoms with Crippen molar-refractivity contribution < 1.29 is 5.11 Å². The van der Waals surface area contributed by atoms with Crippen LogP contribution in [-0.4, -0.2) is 20.1 Å². The van der Waals surface area contributed by atoms with Crippen LogP contribution in [-0.2, 0) is 6.42 Å². The second kappa shape index (κ2) is 2.54. The summed E-state index contributed by atoms with van der Waals surface area (Å²) in [5.74, 6) is 0.517. The molecule has 0 bridgehead atoms. The predicted molar refractivity (Wildman–Crippen MR) is 46.7 cm³/mol. The molecule has 0 radical (unpaired) electrons. The minimum absolute atomic E-state index is 0.517. The van der Waals surface area contributed by atoms with E-state index in [-0.39, 0.29) is 0 Å². The molecule has 0 amide bonds. The maximum absolute atomic E-state index is 9.47. The molecule has 0 unspecified atom stereocenters. The Kier molecular flexibility index (Phi) is 1.67. The molecule has 2 heteroatoms. The third-order valence-electron chi connectivity index (χ3n) is 2.07. The van der Waals surface area contributed by atoms with Gasteiger partial charge in [-0.2, -0.15) is 0 Å². The second-order valence-corrected chi connectivity index (χ2v) is 5.13. The molecule has 1 aromatic carbocycles. The topological polar surface area (TPSA) is 20.2 Å². The number of benzene rings is 1. The van der Waals surface area contributed by atoms with Gasteiger partial charge in [0.05, 0.1) is 0 Å². The van der Waals surface area contributed by atoms with E-state index < -0.39 is 0 Å². The average Bonchev–Trinajstić information content (AvgIpc) is 2.45. The van der Waals surface area contributed by atoms with Gasteiger partial charge in [-0.05, 0) is 0 Å². The average molecular weight is 213 g/mol. The van der Waals surface area contributed by atoms with Gasteiger partial charge in [0, 0.05) is 0 Å². The Morgan fingerprint density at radius 1 is 1.45 bits per heavy atom. The Bertz CT molecular complexity index is 265. The van der Waals surface area contributed by atoms with E-state index in [0.717, 1.165) is 0 Å². The first-order valence-corrected chi connectivity index (χ1v) is 5.80. The first-order chi connectivity index (χ1) is 5.29. The molecule has 0 saturated heterocycles. The number of fused-ring (bicyclic) bond motifs is 1. The van der Waals surface area contributed by atoms with Crippen molar-refractivity contribution in [2.45, 2.75) is 18.7 Å². The molecule has 0 aliphatic carbocycles. The van der Waals surface area contributed by atoms with E-state index >= 15 is 0 Å². The Balaban J connectivity index is 2.64. The van der Waals surface area contributed by atoms with E-state index in [4.69, 9.17) is 0 Å². The summed E-state index contributed by atoms with van der Waals surface area (Å²) in [6.07, 6.45) is 1.18. The molecule has 1 N–H and O–H groups in total. The van der Waals surface area contributed by atoms with E-state index in [1.165, 1.54) is 27.3 Å². The Morgan fingerprint density at radius 3 is 3.00 bits per heavy atom. The van der Waals surface area contributed by atoms with E-state index in [1.54, 1.807) is 0 Å². The van der Waals surface area contributed by atoms with Crippen molar-refractivity contribution in [1.82, 2.24) is 0 Å². The Hall–Kier alpha value is -0.461. The van der Waals surface area contributed by atoms with Crippen LogP contribution >= 0.6 is 0 Å². The predicted octanol–water partition coefficient (Wildman–Crippen LogP) is 1.00. The van der Waals surface area contributed by atoms with Crippen molar-refractivity contribution >= 4 is 19.4 Å². The fourth-order valence-electron chi connectivity index (χ4n) is 1.44. The van der Waals surface area contributed by atoms with Crippen LogP contribution in [0.2, 0.25) is 5.32 Å². The quantitative estimate of drug-likeness (QED) is 0.637. The molecule has 1 aromatic rings. The molecule has 0 saturated carbocycles. The number of aromatic hydroxyl groups is 1. The van der Waals surface area contributed by atoms with Gasteiger partial charge >= 0.3 is 72.2 Å². The molecule has 0 spiro atoms. The van der Waals surface area contributed by atoms with E-state index in [0.29, 0.717) is 20.7 Å². The summed E-state index contributed by atoms with van der Waals surface area (Å²) in [5.41, 5.74) is 2.75. The number of hydrogen-bond donors (Lipinski definition) is 1. The fourth-order valence-corrected chi connectivity index (χ4v) is 3.88. The number of aryl methyl sites for hydroxylation is 1. The molecule has 11 heavy (non-hydrogen) atoms. The summed E-state index contributed by atoms with van der Waals surface area (Å²) >= 11 is 0.533. The summed E-state index contributed by atoms with van der Waals surface area (Å²) < 4.78 is 1.25. The van der Waals surface area contributed by atoms with Gasteiger partial charge in [0.15, 0.2) is 0 Å². The molecule has 1 nitrogen and oxygen atoms in total. The van der Waals surface area contributed by atoms with Gasteiger partial charge in [0.25, 0.3) is 0 Å². The van der Waals surface area contributed by atoms with Gasteiger partial charge < -0.3 is 0 Å². The molecule has 0 fully saturated rings. The van der Waals surface area contributed by atoms with E-state index in [1.807, 2.05) is 12.1 Å². The molecule has 0 atom stereocenters. The summed E-state index contributed by atoms with van der Waals surface area (Å²) in [6, 6.07) is 3.83. The van der Waals surface area contributed by atoms with Crippen molar-refractivity contribution in [2.24, 2.45) is 0 Å². The standard InChI is InChI=1S/C9H10OSe/c1-6-2-3-8(10)9-7(6)4-5-11-9/h2-3,10H,4-5H2,1H3. The SMILES string of the molecule is Cc1ccc(O)c2c1CC[Se]2. The summed E-state index contributed by atoms with van der Waals surface area (Å²) in [6.45, 7) is 2.12. The van der Waals surface area contributed by atoms with Gasteiger partial charge in [-0.1, -0.05) is 0 Å². The van der Waals surface area contributed by atoms with Crippen LogP contribution in [0.25, 0.3) is 0 Å². The Labute approximate surface area is 72.6 Å². The van der Waals surface area contributed by atoms with Crippen molar-refractivity contribution in [3.05, 3.63) is 23.3 Å². The number of phenolic OH excluding ortho intramolecular Hbond substituents is 1. The molecule has 1 aliphatic rings. The fraction of sp³-hybridized carbons (Fsp3) is 0.333. The van der Waals surface area contributed by atoms with Crippen LogP contribution in [0.1, 0.15) is 11.1 Å². The number of rotatable bonds is 0. The first kappa shape index (κ1) is 7.20. The zero-order valence-corrected chi connectivity index (χ0v) is 8.14. The number of phenols is 1. The van der Waals surface area contributed by atoms with Crippen LogP contribution in [0.4, 0.5) is 0 Å². The zero-order valence-electron chi connectivity index (χ0n) is 6.42. The molecule has 58 valence electrons. The monoisotopic (exact) mass is 214 g/mol. The third kappa shape index (κ3) is 1.07. The zero-order chi connectivity index (χ0) is 7.84. The first-order valence-electron chi connectivity index (χ1n) is 3.73. The third-order valence-corrected chi connectivity index (χ3v) is 4.49. The molecular weight excluding hydrogens is 203 g/mol. The van der Waals surface area contributed by atoms with Crippen LogP contribution in [0, 0.1) is 6.92 Å². The molecule has 2 rings (SSSR count). The normalized spacial score (nSPS) is 15.0. The van der Waals surface area contributed by atoms with Crippen molar-refractivity contribution in [2.75, 3.05) is 0 Å². The maximum atomic E-state index is 9.47. The van der Waals surface area contributed by atoms with Crippen LogP contribution in [0.5, 0.6) is 5.75 Å². The van der Waals surface area contributed by atoms with E-state index in [9.17, 15) is 5.11 Å². The van der Waals surface area contributed by atoms with Crippen molar-refractivity contribution in [1.29, 1.82) is 0 Å². The van der Waals surface area contributed by atoms with Gasteiger partial charge in [-0.3, -0.25) is 0 Å². The minimum atomic E-state index is 0.517. The summed E-state index contributed by atoms with van der Waals surface area (Å²) in [5, 5.41) is 10.7. The van der Waals surface area contributed by atoms with E-state index in [2.05, 4.69) is 6.92 Å². The Morgan fingerprint density at radius 2 is 2.27 bits per heavy atom. The van der Waals surface area contributed by atoms with Crippen LogP contribution in [0.3, 0.4) is 0 Å². The second-order valence-electron chi connectivity index (χ2n) is 2.81. The van der Waals surface area contributed by atoms with Crippen molar-refractivity contribution in [3.8, 4) is 5.75 Å². The van der Waals surface area contributed by atoms with Crippen LogP contribution in [0.15, 0.2) is 12.1 Å². The summed E-state index contributed by atoms with van der Waals surface area (Å²) in [7, 11) is 0. The van der Waals surface area contributed by atoms with Gasteiger partial charge in [0.2, 0.25) is 0 Å². The molecular formula is C9H10OSe. The molecule has 1 heterocycles. The van der Waals surface area contributed by atoms with Gasteiger partial charge in [0.1, 0.15) is 0 Å². The summed E-state index contributed by atoms with van der Waals surface area (Å²) in [4.78, 5) is 0.